The number of carbonyl (C=O) groups is 2. The third-order valence-electron chi connectivity index (χ3n) is 7.11. The number of anilines is 1. The summed E-state index contributed by atoms with van der Waals surface area (Å²) in [7, 11) is -2.55. The summed E-state index contributed by atoms with van der Waals surface area (Å²) in [5.74, 6) is -0.117. The van der Waals surface area contributed by atoms with E-state index < -0.39 is 28.5 Å². The van der Waals surface area contributed by atoms with Crippen LogP contribution in [-0.2, 0) is 26.2 Å². The first-order valence-electron chi connectivity index (χ1n) is 13.2. The number of sulfonamides is 1. The monoisotopic (exact) mass is 583 g/mol. The number of rotatable bonds is 11. The van der Waals surface area contributed by atoms with Crippen molar-refractivity contribution in [3.05, 3.63) is 89.4 Å². The summed E-state index contributed by atoms with van der Waals surface area (Å²) in [6.07, 6.45) is 3.93. The smallest absolute Gasteiger partial charge is 0.264 e. The lowest BCUT2D eigenvalue weighted by Crippen LogP contribution is -2.52. The van der Waals surface area contributed by atoms with Gasteiger partial charge in [-0.25, -0.2) is 8.42 Å². The summed E-state index contributed by atoms with van der Waals surface area (Å²) in [6, 6.07) is 20.6. The van der Waals surface area contributed by atoms with Crippen LogP contribution in [-0.4, -0.2) is 50.9 Å². The molecule has 0 aliphatic heterocycles. The van der Waals surface area contributed by atoms with Gasteiger partial charge in [0.1, 0.15) is 18.3 Å². The molecular formula is C30H34ClN3O5S. The number of amides is 2. The molecule has 212 valence electrons. The molecule has 0 heterocycles. The molecule has 40 heavy (non-hydrogen) atoms. The highest BCUT2D eigenvalue weighted by Gasteiger charge is 2.33. The second kappa shape index (κ2) is 13.2. The molecule has 4 rings (SSSR count). The fourth-order valence-electron chi connectivity index (χ4n) is 4.76. The molecule has 0 radical (unpaired) electrons. The number of ether oxygens (including phenoxy) is 1. The lowest BCUT2D eigenvalue weighted by Gasteiger charge is -2.32. The number of nitrogens with one attached hydrogen (secondary N) is 1. The van der Waals surface area contributed by atoms with Crippen LogP contribution >= 0.6 is 11.6 Å². The van der Waals surface area contributed by atoms with Crippen molar-refractivity contribution in [2.24, 2.45) is 0 Å². The van der Waals surface area contributed by atoms with E-state index in [0.29, 0.717) is 10.8 Å². The van der Waals surface area contributed by atoms with E-state index in [1.807, 2.05) is 12.1 Å². The van der Waals surface area contributed by atoms with E-state index in [0.717, 1.165) is 35.6 Å². The maximum Gasteiger partial charge on any atom is 0.264 e. The molecule has 1 saturated carbocycles. The fourth-order valence-corrected chi connectivity index (χ4v) is 6.32. The highest BCUT2D eigenvalue weighted by atomic mass is 35.5. The average molecular weight is 584 g/mol. The van der Waals surface area contributed by atoms with E-state index in [4.69, 9.17) is 16.3 Å². The van der Waals surface area contributed by atoms with Crippen molar-refractivity contribution in [3.8, 4) is 5.75 Å². The van der Waals surface area contributed by atoms with Crippen molar-refractivity contribution in [2.75, 3.05) is 18.0 Å². The quantitative estimate of drug-likeness (QED) is 0.342. The Labute approximate surface area is 240 Å². The molecule has 1 aliphatic carbocycles. The lowest BCUT2D eigenvalue weighted by atomic mass is 10.1. The summed E-state index contributed by atoms with van der Waals surface area (Å²) in [5.41, 5.74) is 1.06. The van der Waals surface area contributed by atoms with Crippen LogP contribution in [0, 0.1) is 0 Å². The van der Waals surface area contributed by atoms with Gasteiger partial charge >= 0.3 is 0 Å². The van der Waals surface area contributed by atoms with Crippen molar-refractivity contribution in [3.63, 3.8) is 0 Å². The number of methoxy groups -OCH3 is 1. The van der Waals surface area contributed by atoms with Gasteiger partial charge in [-0.2, -0.15) is 0 Å². The van der Waals surface area contributed by atoms with Gasteiger partial charge in [0, 0.05) is 17.6 Å². The van der Waals surface area contributed by atoms with Crippen LogP contribution in [0.3, 0.4) is 0 Å². The van der Waals surface area contributed by atoms with Gasteiger partial charge in [0.05, 0.1) is 17.7 Å². The zero-order chi connectivity index (χ0) is 28.7. The Morgan fingerprint density at radius 2 is 1.60 bits per heavy atom. The third kappa shape index (κ3) is 7.14. The molecule has 3 aromatic carbocycles. The maximum absolute atomic E-state index is 14.0. The maximum atomic E-state index is 14.0. The SMILES string of the molecule is COc1ccc(CN(C(=O)CN(c2ccc(Cl)cc2)S(=O)(=O)c2ccccc2)C(C)C(=O)NC2CCCC2)cc1. The largest absolute Gasteiger partial charge is 0.497 e. The standard InChI is InChI=1S/C30H34ClN3O5S/c1-22(30(36)32-25-8-6-7-9-25)33(20-23-12-18-27(39-2)19-13-23)29(35)21-34(26-16-14-24(31)15-17-26)40(37,38)28-10-4-3-5-11-28/h3-5,10-19,22,25H,6-9,20-21H2,1-2H3,(H,32,36). The zero-order valence-corrected chi connectivity index (χ0v) is 24.2. The van der Waals surface area contributed by atoms with E-state index in [-0.39, 0.29) is 29.1 Å². The first-order chi connectivity index (χ1) is 19.2. The van der Waals surface area contributed by atoms with Crippen LogP contribution < -0.4 is 14.4 Å². The van der Waals surface area contributed by atoms with Crippen molar-refractivity contribution >= 4 is 39.1 Å². The van der Waals surface area contributed by atoms with E-state index in [2.05, 4.69) is 5.32 Å². The first kappa shape index (κ1) is 29.4. The van der Waals surface area contributed by atoms with Crippen LogP contribution in [0.1, 0.15) is 38.2 Å². The number of hydrogen-bond donors (Lipinski definition) is 1. The van der Waals surface area contributed by atoms with Crippen molar-refractivity contribution < 1.29 is 22.7 Å². The molecule has 3 aromatic rings. The molecule has 2 amide bonds. The van der Waals surface area contributed by atoms with Crippen molar-refractivity contribution in [2.45, 2.75) is 56.1 Å². The highest BCUT2D eigenvalue weighted by Crippen LogP contribution is 2.26. The average Bonchev–Trinajstić information content (AvgIpc) is 3.48. The Hall–Kier alpha value is -3.56. The number of benzene rings is 3. The van der Waals surface area contributed by atoms with E-state index in [1.54, 1.807) is 68.6 Å². The zero-order valence-electron chi connectivity index (χ0n) is 22.6. The molecule has 8 nitrogen and oxygen atoms in total. The molecule has 1 fully saturated rings. The Morgan fingerprint density at radius 3 is 2.20 bits per heavy atom. The Bertz CT molecular complexity index is 1390. The molecule has 1 unspecified atom stereocenters. The predicted octanol–water partition coefficient (Wildman–Crippen LogP) is 5.02. The van der Waals surface area contributed by atoms with Crippen LogP contribution in [0.5, 0.6) is 5.75 Å². The second-order valence-corrected chi connectivity index (χ2v) is 12.1. The van der Waals surface area contributed by atoms with Gasteiger partial charge < -0.3 is 15.0 Å². The Balaban J connectivity index is 1.66. The number of carbonyl (C=O) groups excluding carboxylic acids is 2. The second-order valence-electron chi connectivity index (χ2n) is 9.84. The molecule has 1 N–H and O–H groups in total. The van der Waals surface area contributed by atoms with Gasteiger partial charge in [0.15, 0.2) is 0 Å². The number of nitrogens with zero attached hydrogens (tertiary/aromatic N) is 2. The molecular weight excluding hydrogens is 550 g/mol. The minimum Gasteiger partial charge on any atom is -0.497 e. The molecule has 1 atom stereocenters. The van der Waals surface area contributed by atoms with E-state index >= 15 is 0 Å². The van der Waals surface area contributed by atoms with Gasteiger partial charge in [-0.15, -0.1) is 0 Å². The summed E-state index contributed by atoms with van der Waals surface area (Å²) in [6.45, 7) is 1.28. The van der Waals surface area contributed by atoms with Crippen LogP contribution in [0.25, 0.3) is 0 Å². The van der Waals surface area contributed by atoms with E-state index in [9.17, 15) is 18.0 Å². The number of halogens is 1. The predicted molar refractivity (Wildman–Crippen MR) is 156 cm³/mol. The minimum atomic E-state index is -4.12. The fraction of sp³-hybridized carbons (Fsp3) is 0.333. The van der Waals surface area contributed by atoms with Crippen LogP contribution in [0.15, 0.2) is 83.8 Å². The van der Waals surface area contributed by atoms with Gasteiger partial charge in [-0.05, 0) is 73.9 Å². The molecule has 0 spiro atoms. The van der Waals surface area contributed by atoms with Crippen LogP contribution in [0.2, 0.25) is 5.02 Å². The first-order valence-corrected chi connectivity index (χ1v) is 15.1. The van der Waals surface area contributed by atoms with Crippen molar-refractivity contribution in [1.82, 2.24) is 10.2 Å². The Morgan fingerprint density at radius 1 is 0.975 bits per heavy atom. The third-order valence-corrected chi connectivity index (χ3v) is 9.15. The highest BCUT2D eigenvalue weighted by molar-refractivity contribution is 7.92. The van der Waals surface area contributed by atoms with Gasteiger partial charge in [-0.1, -0.05) is 54.8 Å². The van der Waals surface area contributed by atoms with Crippen LogP contribution in [0.4, 0.5) is 5.69 Å². The Kier molecular flexibility index (Phi) is 9.71. The van der Waals surface area contributed by atoms with Gasteiger partial charge in [-0.3, -0.25) is 13.9 Å². The van der Waals surface area contributed by atoms with Gasteiger partial charge in [0.2, 0.25) is 11.8 Å². The molecule has 1 aliphatic rings. The lowest BCUT2D eigenvalue weighted by molar-refractivity contribution is -0.139. The summed E-state index contributed by atoms with van der Waals surface area (Å²) in [5, 5.41) is 3.50. The molecule has 10 heteroatoms. The van der Waals surface area contributed by atoms with Gasteiger partial charge in [0.25, 0.3) is 10.0 Å². The van der Waals surface area contributed by atoms with E-state index in [1.165, 1.54) is 17.0 Å². The van der Waals surface area contributed by atoms with Crippen molar-refractivity contribution in [1.29, 1.82) is 0 Å². The summed E-state index contributed by atoms with van der Waals surface area (Å²) < 4.78 is 33.8. The normalized spacial score (nSPS) is 14.4. The summed E-state index contributed by atoms with van der Waals surface area (Å²) in [4.78, 5) is 28.7. The number of hydrogen-bond acceptors (Lipinski definition) is 5. The topological polar surface area (TPSA) is 96.0 Å². The summed E-state index contributed by atoms with van der Waals surface area (Å²) >= 11 is 6.07. The molecule has 0 aromatic heterocycles. The molecule has 0 bridgehead atoms. The molecule has 0 saturated heterocycles. The minimum absolute atomic E-state index is 0.0477.